The quantitative estimate of drug-likeness (QED) is 0.477. The minimum atomic E-state index is -0.641. The third-order valence-corrected chi connectivity index (χ3v) is 1.13. The van der Waals surface area contributed by atoms with Crippen LogP contribution in [0.5, 0.6) is 0 Å². The summed E-state index contributed by atoms with van der Waals surface area (Å²) in [6.07, 6.45) is 1.32. The molecule has 0 aromatic carbocycles. The van der Waals surface area contributed by atoms with Crippen LogP contribution in [0.4, 0.5) is 5.82 Å². The molecule has 1 aromatic heterocycles. The van der Waals surface area contributed by atoms with Crippen LogP contribution in [-0.4, -0.2) is 20.6 Å². The van der Waals surface area contributed by atoms with Crippen LogP contribution in [0.25, 0.3) is 0 Å². The number of aromatic nitrogens is 2. The molecule has 1 heterocycles. The maximum Gasteiger partial charge on any atom is 0.389 e. The molecule has 7 heteroatoms. The molecule has 0 spiro atoms. The zero-order valence-corrected chi connectivity index (χ0v) is 6.01. The van der Waals surface area contributed by atoms with E-state index in [1.54, 1.807) is 0 Å². The molecule has 1 rings (SSSR count). The minimum Gasteiger partial charge on any atom is -0.368 e. The lowest BCUT2D eigenvalue weighted by Crippen LogP contribution is -2.18. The van der Waals surface area contributed by atoms with E-state index >= 15 is 0 Å². The molecule has 0 aliphatic rings. The first kappa shape index (κ1) is 8.18. The van der Waals surface area contributed by atoms with E-state index in [1.807, 2.05) is 0 Å². The number of nitro groups is 1. The Morgan fingerprint density at radius 1 is 1.83 bits per heavy atom. The van der Waals surface area contributed by atoms with E-state index < -0.39 is 10.8 Å². The average Bonchev–Trinajstić information content (AvgIpc) is 2.34. The van der Waals surface area contributed by atoms with Crippen LogP contribution in [0.2, 0.25) is 0 Å². The Morgan fingerprint density at radius 2 is 2.50 bits per heavy atom. The van der Waals surface area contributed by atoms with E-state index in [1.165, 1.54) is 12.3 Å². The first-order valence-corrected chi connectivity index (χ1v) is 3.06. The molecule has 2 N–H and O–H groups in total. The molecule has 0 atom stereocenters. The molecule has 0 fully saturated rings. The molecule has 1 amide bonds. The van der Waals surface area contributed by atoms with Crippen molar-refractivity contribution >= 4 is 11.7 Å². The van der Waals surface area contributed by atoms with Crippen LogP contribution in [0.1, 0.15) is 0 Å². The van der Waals surface area contributed by atoms with Gasteiger partial charge in [-0.2, -0.15) is 4.68 Å². The minimum absolute atomic E-state index is 0.145. The molecular weight excluding hydrogens is 164 g/mol. The summed E-state index contributed by atoms with van der Waals surface area (Å²) in [7, 11) is 0. The summed E-state index contributed by atoms with van der Waals surface area (Å²) in [6.45, 7) is -0.145. The van der Waals surface area contributed by atoms with Crippen molar-refractivity contribution in [3.8, 4) is 0 Å². The summed E-state index contributed by atoms with van der Waals surface area (Å²) in [5.74, 6) is -0.885. The fourth-order valence-corrected chi connectivity index (χ4v) is 0.696. The Bertz CT molecular complexity index is 318. The van der Waals surface area contributed by atoms with Gasteiger partial charge in [0, 0.05) is 0 Å². The molecule has 7 nitrogen and oxygen atoms in total. The van der Waals surface area contributed by atoms with E-state index in [0.29, 0.717) is 0 Å². The van der Waals surface area contributed by atoms with Crippen molar-refractivity contribution in [1.82, 2.24) is 9.78 Å². The number of nitrogens with two attached hydrogens (primary N) is 1. The van der Waals surface area contributed by atoms with Crippen LogP contribution < -0.4 is 5.73 Å². The van der Waals surface area contributed by atoms with Crippen molar-refractivity contribution in [2.24, 2.45) is 5.73 Å². The highest BCUT2D eigenvalue weighted by Gasteiger charge is 2.11. The second-order valence-corrected chi connectivity index (χ2v) is 2.09. The van der Waals surface area contributed by atoms with Crippen molar-refractivity contribution in [2.45, 2.75) is 6.54 Å². The van der Waals surface area contributed by atoms with Crippen LogP contribution >= 0.6 is 0 Å². The van der Waals surface area contributed by atoms with Crippen molar-refractivity contribution in [3.05, 3.63) is 22.4 Å². The Labute approximate surface area is 66.9 Å². The second kappa shape index (κ2) is 2.99. The van der Waals surface area contributed by atoms with Gasteiger partial charge in [0.15, 0.2) is 0 Å². The number of amides is 1. The molecule has 0 radical (unpaired) electrons. The summed E-state index contributed by atoms with van der Waals surface area (Å²) in [5, 5.41) is 13.6. The Kier molecular flexibility index (Phi) is 2.04. The Morgan fingerprint density at radius 3 is 2.92 bits per heavy atom. The van der Waals surface area contributed by atoms with Gasteiger partial charge in [0.1, 0.15) is 6.54 Å². The van der Waals surface area contributed by atoms with Crippen molar-refractivity contribution < 1.29 is 9.72 Å². The summed E-state index contributed by atoms with van der Waals surface area (Å²) in [5.41, 5.74) is 4.84. The normalized spacial score (nSPS) is 9.67. The number of nitrogens with zero attached hydrogens (tertiary/aromatic N) is 3. The number of rotatable bonds is 3. The molecular formula is C5H6N4O3. The van der Waals surface area contributed by atoms with Gasteiger partial charge >= 0.3 is 5.82 Å². The number of hydrogen-bond donors (Lipinski definition) is 1. The third-order valence-electron chi connectivity index (χ3n) is 1.13. The lowest BCUT2D eigenvalue weighted by Gasteiger charge is -1.88. The van der Waals surface area contributed by atoms with Gasteiger partial charge in [0.2, 0.25) is 5.91 Å². The summed E-state index contributed by atoms with van der Waals surface area (Å²) < 4.78 is 1.11. The summed E-state index contributed by atoms with van der Waals surface area (Å²) >= 11 is 0. The predicted molar refractivity (Wildman–Crippen MR) is 38.1 cm³/mol. The summed E-state index contributed by atoms with van der Waals surface area (Å²) in [6, 6.07) is 1.20. The van der Waals surface area contributed by atoms with E-state index in [2.05, 4.69) is 5.10 Å². The molecule has 0 aliphatic heterocycles. The molecule has 12 heavy (non-hydrogen) atoms. The first-order chi connectivity index (χ1) is 5.59. The Hall–Kier alpha value is -1.92. The standard InChI is InChI=1S/C5H6N4O3/c6-4(10)3-8-2-1-5(7-8)9(11)12/h1-2H,3H2,(H2,6,10). The van der Waals surface area contributed by atoms with Crippen LogP contribution in [0, 0.1) is 10.1 Å². The van der Waals surface area contributed by atoms with Crippen LogP contribution in [-0.2, 0) is 11.3 Å². The lowest BCUT2D eigenvalue weighted by atomic mass is 10.6. The van der Waals surface area contributed by atoms with E-state index in [9.17, 15) is 14.9 Å². The SMILES string of the molecule is NC(=O)Cn1ccc([N+](=O)[O-])n1. The van der Waals surface area contributed by atoms with Crippen molar-refractivity contribution in [2.75, 3.05) is 0 Å². The van der Waals surface area contributed by atoms with Crippen LogP contribution in [0.3, 0.4) is 0 Å². The molecule has 1 aromatic rings. The average molecular weight is 170 g/mol. The molecule has 0 saturated carbocycles. The maximum absolute atomic E-state index is 10.3. The van der Waals surface area contributed by atoms with Gasteiger partial charge < -0.3 is 15.8 Å². The highest BCUT2D eigenvalue weighted by atomic mass is 16.6. The number of primary amides is 1. The number of hydrogen-bond acceptors (Lipinski definition) is 4. The molecule has 0 aliphatic carbocycles. The zero-order valence-electron chi connectivity index (χ0n) is 6.01. The van der Waals surface area contributed by atoms with Gasteiger partial charge in [-0.25, -0.2) is 0 Å². The molecule has 0 unspecified atom stereocenters. The van der Waals surface area contributed by atoms with E-state index in [0.717, 1.165) is 4.68 Å². The monoisotopic (exact) mass is 170 g/mol. The van der Waals surface area contributed by atoms with Crippen molar-refractivity contribution in [3.63, 3.8) is 0 Å². The van der Waals surface area contributed by atoms with Gasteiger partial charge in [-0.05, 0) is 4.92 Å². The number of carbonyl (C=O) groups excluding carboxylic acids is 1. The fourth-order valence-electron chi connectivity index (χ4n) is 0.696. The van der Waals surface area contributed by atoms with Gasteiger partial charge in [0.25, 0.3) is 0 Å². The zero-order chi connectivity index (χ0) is 9.14. The van der Waals surface area contributed by atoms with E-state index in [-0.39, 0.29) is 12.4 Å². The fraction of sp³-hybridized carbons (Fsp3) is 0.200. The second-order valence-electron chi connectivity index (χ2n) is 2.09. The van der Waals surface area contributed by atoms with Crippen molar-refractivity contribution in [1.29, 1.82) is 0 Å². The van der Waals surface area contributed by atoms with Gasteiger partial charge in [-0.15, -0.1) is 0 Å². The molecule has 0 bridgehead atoms. The highest BCUT2D eigenvalue weighted by molar-refractivity contribution is 5.73. The summed E-state index contributed by atoms with van der Waals surface area (Å²) in [4.78, 5) is 19.8. The smallest absolute Gasteiger partial charge is 0.368 e. The molecule has 64 valence electrons. The first-order valence-electron chi connectivity index (χ1n) is 3.06. The largest absolute Gasteiger partial charge is 0.389 e. The topological polar surface area (TPSA) is 104 Å². The lowest BCUT2D eigenvalue weighted by molar-refractivity contribution is -0.389. The van der Waals surface area contributed by atoms with Gasteiger partial charge in [0.05, 0.1) is 17.4 Å². The maximum atomic E-state index is 10.3. The number of carbonyl (C=O) groups is 1. The van der Waals surface area contributed by atoms with Gasteiger partial charge in [-0.3, -0.25) is 4.79 Å². The highest BCUT2D eigenvalue weighted by Crippen LogP contribution is 2.04. The van der Waals surface area contributed by atoms with E-state index in [4.69, 9.17) is 5.73 Å². The van der Waals surface area contributed by atoms with Gasteiger partial charge in [-0.1, -0.05) is 0 Å². The Balaban J connectivity index is 2.77. The predicted octanol–water partition coefficient (Wildman–Crippen LogP) is -0.723. The molecule has 0 saturated heterocycles. The van der Waals surface area contributed by atoms with Crippen LogP contribution in [0.15, 0.2) is 12.3 Å². The third kappa shape index (κ3) is 1.78.